The molecule has 0 heterocycles. The normalized spacial score (nSPS) is 15.4. The molecular formula is C18H11FNO5S2-. The Morgan fingerprint density at radius 1 is 1.07 bits per heavy atom. The van der Waals surface area contributed by atoms with Crippen LogP contribution in [-0.4, -0.2) is 31.6 Å². The van der Waals surface area contributed by atoms with E-state index in [1.165, 1.54) is 12.1 Å². The fourth-order valence-corrected chi connectivity index (χ4v) is 4.12. The number of allylic oxidation sites excluding steroid dienone is 2. The lowest BCUT2D eigenvalue weighted by Crippen LogP contribution is -2.25. The van der Waals surface area contributed by atoms with Crippen molar-refractivity contribution in [2.45, 2.75) is 4.90 Å². The molecule has 2 aromatic rings. The van der Waals surface area contributed by atoms with Gasteiger partial charge in [-0.3, -0.25) is 4.79 Å². The molecule has 0 atom stereocenters. The molecule has 1 aliphatic carbocycles. The van der Waals surface area contributed by atoms with Gasteiger partial charge in [-0.1, -0.05) is 24.3 Å². The summed E-state index contributed by atoms with van der Waals surface area (Å²) < 4.78 is 41.9. The number of fused-ring (bicyclic) bond motifs is 1. The maximum Gasteiger partial charge on any atom is 0.282 e. The lowest BCUT2D eigenvalue weighted by Gasteiger charge is -2.17. The van der Waals surface area contributed by atoms with Crippen molar-refractivity contribution in [1.29, 1.82) is 0 Å². The van der Waals surface area contributed by atoms with Crippen LogP contribution in [-0.2, 0) is 14.8 Å². The number of ketones is 1. The predicted octanol–water partition coefficient (Wildman–Crippen LogP) is 1.57. The zero-order valence-electron chi connectivity index (χ0n) is 13.6. The van der Waals surface area contributed by atoms with E-state index in [0.29, 0.717) is 5.56 Å². The largest absolute Gasteiger partial charge is 0.549 e. The van der Waals surface area contributed by atoms with E-state index in [4.69, 9.17) is 0 Å². The molecule has 0 unspecified atom stereocenters. The van der Waals surface area contributed by atoms with Crippen molar-refractivity contribution in [3.05, 3.63) is 76.5 Å². The van der Waals surface area contributed by atoms with Gasteiger partial charge in [0.1, 0.15) is 5.82 Å². The van der Waals surface area contributed by atoms with E-state index >= 15 is 0 Å². The SMILES string of the molecule is O=C([O-])CSC1=CC(=NS(=O)(=O)c2ccc(F)cc2)c2ccccc2C1=O. The van der Waals surface area contributed by atoms with Crippen LogP contribution in [0.2, 0.25) is 0 Å². The van der Waals surface area contributed by atoms with Gasteiger partial charge in [-0.05, 0) is 30.3 Å². The van der Waals surface area contributed by atoms with Gasteiger partial charge in [0.15, 0.2) is 5.78 Å². The minimum Gasteiger partial charge on any atom is -0.549 e. The molecule has 0 aliphatic heterocycles. The third-order valence-electron chi connectivity index (χ3n) is 3.61. The molecule has 0 saturated carbocycles. The fraction of sp³-hybridized carbons (Fsp3) is 0.0556. The number of hydrogen-bond donors (Lipinski definition) is 0. The highest BCUT2D eigenvalue weighted by Gasteiger charge is 2.26. The van der Waals surface area contributed by atoms with Crippen molar-refractivity contribution in [1.82, 2.24) is 0 Å². The molecule has 138 valence electrons. The quantitative estimate of drug-likeness (QED) is 0.749. The highest BCUT2D eigenvalue weighted by molar-refractivity contribution is 8.04. The van der Waals surface area contributed by atoms with Crippen LogP contribution in [0, 0.1) is 5.82 Å². The van der Waals surface area contributed by atoms with Crippen LogP contribution < -0.4 is 5.11 Å². The van der Waals surface area contributed by atoms with Gasteiger partial charge in [-0.2, -0.15) is 12.8 Å². The predicted molar refractivity (Wildman–Crippen MR) is 96.4 cm³/mol. The number of carbonyl (C=O) groups excluding carboxylic acids is 2. The molecule has 0 bridgehead atoms. The van der Waals surface area contributed by atoms with Crippen LogP contribution in [0.5, 0.6) is 0 Å². The summed E-state index contributed by atoms with van der Waals surface area (Å²) in [6.07, 6.45) is 1.24. The molecule has 2 aromatic carbocycles. The standard InChI is InChI=1S/C18H12FNO5S2/c19-11-5-7-12(8-6-11)27(24,25)20-15-9-16(26-10-17(21)22)18(23)14-4-2-1-3-13(14)15/h1-9H,10H2,(H,21,22)/p-1. The molecule has 0 spiro atoms. The van der Waals surface area contributed by atoms with Crippen LogP contribution >= 0.6 is 11.8 Å². The molecule has 9 heteroatoms. The molecule has 27 heavy (non-hydrogen) atoms. The number of sulfonamides is 1. The van der Waals surface area contributed by atoms with E-state index in [2.05, 4.69) is 4.40 Å². The second-order valence-electron chi connectivity index (χ2n) is 5.45. The van der Waals surface area contributed by atoms with E-state index in [9.17, 15) is 27.5 Å². The van der Waals surface area contributed by atoms with E-state index in [-0.39, 0.29) is 21.1 Å². The number of rotatable bonds is 5. The lowest BCUT2D eigenvalue weighted by atomic mass is 9.94. The van der Waals surface area contributed by atoms with Crippen molar-refractivity contribution in [3.63, 3.8) is 0 Å². The van der Waals surface area contributed by atoms with Crippen molar-refractivity contribution in [3.8, 4) is 0 Å². The molecule has 1 aliphatic rings. The molecule has 0 amide bonds. The Morgan fingerprint density at radius 2 is 1.70 bits per heavy atom. The number of carboxylic acid groups (broad SMARTS) is 1. The van der Waals surface area contributed by atoms with Gasteiger partial charge < -0.3 is 9.90 Å². The van der Waals surface area contributed by atoms with Gasteiger partial charge in [0.25, 0.3) is 10.0 Å². The smallest absolute Gasteiger partial charge is 0.282 e. The third-order valence-corrected chi connectivity index (χ3v) is 5.91. The van der Waals surface area contributed by atoms with Crippen molar-refractivity contribution < 1.29 is 27.5 Å². The minimum atomic E-state index is -4.16. The second-order valence-corrected chi connectivity index (χ2v) is 8.07. The van der Waals surface area contributed by atoms with Gasteiger partial charge in [0.05, 0.1) is 21.5 Å². The zero-order chi connectivity index (χ0) is 19.6. The fourth-order valence-electron chi connectivity index (χ4n) is 2.41. The van der Waals surface area contributed by atoms with Crippen LogP contribution in [0.3, 0.4) is 0 Å². The monoisotopic (exact) mass is 404 g/mol. The summed E-state index contributed by atoms with van der Waals surface area (Å²) in [6.45, 7) is 0. The van der Waals surface area contributed by atoms with Gasteiger partial charge in [-0.25, -0.2) is 4.39 Å². The number of thioether (sulfide) groups is 1. The third kappa shape index (κ3) is 4.15. The summed E-state index contributed by atoms with van der Waals surface area (Å²) in [4.78, 5) is 23.0. The molecule has 0 saturated heterocycles. The van der Waals surface area contributed by atoms with Crippen LogP contribution in [0.25, 0.3) is 0 Å². The maximum absolute atomic E-state index is 13.0. The Labute approximate surface area is 158 Å². The number of carbonyl (C=O) groups is 2. The Kier molecular flexibility index (Phi) is 5.24. The summed E-state index contributed by atoms with van der Waals surface area (Å²) in [5.74, 6) is -2.83. The van der Waals surface area contributed by atoms with Crippen LogP contribution in [0.15, 0.2) is 68.8 Å². The van der Waals surface area contributed by atoms with E-state index in [0.717, 1.165) is 36.0 Å². The molecule has 6 nitrogen and oxygen atoms in total. The Morgan fingerprint density at radius 3 is 2.33 bits per heavy atom. The Balaban J connectivity index is 2.10. The summed E-state index contributed by atoms with van der Waals surface area (Å²) in [5, 5.41) is 10.7. The molecular weight excluding hydrogens is 393 g/mol. The van der Waals surface area contributed by atoms with Gasteiger partial charge in [-0.15, -0.1) is 11.8 Å². The van der Waals surface area contributed by atoms with E-state index in [1.807, 2.05) is 0 Å². The number of hydrogen-bond acceptors (Lipinski definition) is 6. The van der Waals surface area contributed by atoms with Crippen molar-refractivity contribution in [2.24, 2.45) is 4.40 Å². The van der Waals surface area contributed by atoms with Crippen LogP contribution in [0.4, 0.5) is 4.39 Å². The minimum absolute atomic E-state index is 0.00428. The van der Waals surface area contributed by atoms with E-state index in [1.54, 1.807) is 18.2 Å². The highest BCUT2D eigenvalue weighted by atomic mass is 32.2. The second kappa shape index (κ2) is 7.45. The maximum atomic E-state index is 13.0. The molecule has 0 fully saturated rings. The number of benzene rings is 2. The van der Waals surface area contributed by atoms with Crippen molar-refractivity contribution in [2.75, 3.05) is 5.75 Å². The Bertz CT molecular complexity index is 1090. The molecule has 0 radical (unpaired) electrons. The molecule has 0 aromatic heterocycles. The Hall–Kier alpha value is -2.78. The first kappa shape index (κ1) is 19.0. The van der Waals surface area contributed by atoms with Crippen molar-refractivity contribution >= 4 is 39.2 Å². The summed E-state index contributed by atoms with van der Waals surface area (Å²) >= 11 is 0.729. The average Bonchev–Trinajstić information content (AvgIpc) is 2.63. The average molecular weight is 404 g/mol. The number of halogens is 1. The van der Waals surface area contributed by atoms with Gasteiger partial charge in [0.2, 0.25) is 0 Å². The summed E-state index contributed by atoms with van der Waals surface area (Å²) in [6, 6.07) is 10.5. The topological polar surface area (TPSA) is 104 Å². The van der Waals surface area contributed by atoms with Gasteiger partial charge >= 0.3 is 0 Å². The summed E-state index contributed by atoms with van der Waals surface area (Å²) in [5.41, 5.74) is 0.523. The molecule has 0 N–H and O–H groups in total. The zero-order valence-corrected chi connectivity index (χ0v) is 15.2. The molecule has 3 rings (SSSR count). The number of aliphatic carboxylic acids is 1. The van der Waals surface area contributed by atoms with Gasteiger partial charge in [0, 0.05) is 16.9 Å². The first-order valence-corrected chi connectivity index (χ1v) is 9.99. The summed E-state index contributed by atoms with van der Waals surface area (Å²) in [7, 11) is -4.16. The first-order valence-electron chi connectivity index (χ1n) is 7.57. The highest BCUT2D eigenvalue weighted by Crippen LogP contribution is 2.29. The number of nitrogens with zero attached hydrogens (tertiary/aromatic N) is 1. The lowest BCUT2D eigenvalue weighted by molar-refractivity contribution is -0.301. The number of Topliss-reactive ketones (excluding diaryl/α,β-unsaturated/α-hetero) is 1. The van der Waals surface area contributed by atoms with Crippen LogP contribution in [0.1, 0.15) is 15.9 Å². The van der Waals surface area contributed by atoms with E-state index < -0.39 is 33.3 Å². The first-order chi connectivity index (χ1) is 12.8. The number of carboxylic acids is 1.